The van der Waals surface area contributed by atoms with Gasteiger partial charge in [-0.25, -0.2) is 0 Å². The summed E-state index contributed by atoms with van der Waals surface area (Å²) in [5.74, 6) is 0.620. The minimum atomic E-state index is -0.646. The van der Waals surface area contributed by atoms with Gasteiger partial charge in [0.05, 0.1) is 12.5 Å². The van der Waals surface area contributed by atoms with Crippen LogP contribution < -0.4 is 4.74 Å². The van der Waals surface area contributed by atoms with Gasteiger partial charge in [-0.1, -0.05) is 18.2 Å². The molecule has 0 aliphatic heterocycles. The van der Waals surface area contributed by atoms with Gasteiger partial charge in [0.15, 0.2) is 0 Å². The van der Waals surface area contributed by atoms with Crippen LogP contribution in [0.3, 0.4) is 0 Å². The van der Waals surface area contributed by atoms with Crippen LogP contribution in [0.2, 0.25) is 0 Å². The molecule has 1 aliphatic carbocycles. The Morgan fingerprint density at radius 3 is 2.41 bits per heavy atom. The van der Waals surface area contributed by atoms with Crippen LogP contribution in [0, 0.1) is 11.8 Å². The maximum Gasteiger partial charge on any atom is 0.306 e. The van der Waals surface area contributed by atoms with Gasteiger partial charge in [0.1, 0.15) is 5.75 Å². The standard InChI is InChI=1S/C14H18O3/c15-14(16)12-8-6-11(7-9-12)10-17-13-4-2-1-3-5-13/h1-5,11-12H,6-10H2,(H,15,16). The van der Waals surface area contributed by atoms with Crippen LogP contribution in [0.25, 0.3) is 0 Å². The molecular weight excluding hydrogens is 216 g/mol. The minimum absolute atomic E-state index is 0.136. The molecule has 17 heavy (non-hydrogen) atoms. The van der Waals surface area contributed by atoms with Crippen molar-refractivity contribution in [3.05, 3.63) is 30.3 Å². The molecule has 1 N–H and O–H groups in total. The molecule has 0 radical (unpaired) electrons. The third kappa shape index (κ3) is 3.48. The average molecular weight is 234 g/mol. The Kier molecular flexibility index (Phi) is 4.02. The first-order valence-electron chi connectivity index (χ1n) is 6.16. The summed E-state index contributed by atoms with van der Waals surface area (Å²) in [4.78, 5) is 10.8. The van der Waals surface area contributed by atoms with E-state index < -0.39 is 5.97 Å². The van der Waals surface area contributed by atoms with Gasteiger partial charge >= 0.3 is 5.97 Å². The highest BCUT2D eigenvalue weighted by Gasteiger charge is 2.26. The second kappa shape index (κ2) is 5.71. The molecule has 0 spiro atoms. The molecule has 92 valence electrons. The van der Waals surface area contributed by atoms with E-state index in [1.54, 1.807) is 0 Å². The van der Waals surface area contributed by atoms with E-state index in [1.165, 1.54) is 0 Å². The van der Waals surface area contributed by atoms with Crippen molar-refractivity contribution in [2.45, 2.75) is 25.7 Å². The van der Waals surface area contributed by atoms with Gasteiger partial charge in [-0.05, 0) is 43.7 Å². The largest absolute Gasteiger partial charge is 0.493 e. The molecule has 0 atom stereocenters. The monoisotopic (exact) mass is 234 g/mol. The zero-order valence-corrected chi connectivity index (χ0v) is 9.84. The molecule has 0 heterocycles. The summed E-state index contributed by atoms with van der Waals surface area (Å²) in [5.41, 5.74) is 0. The number of carboxylic acids is 1. The third-order valence-corrected chi connectivity index (χ3v) is 3.42. The van der Waals surface area contributed by atoms with Crippen LogP contribution in [0.4, 0.5) is 0 Å². The van der Waals surface area contributed by atoms with Crippen LogP contribution >= 0.6 is 0 Å². The smallest absolute Gasteiger partial charge is 0.306 e. The Morgan fingerprint density at radius 1 is 1.18 bits per heavy atom. The maximum absolute atomic E-state index is 10.8. The molecule has 0 bridgehead atoms. The third-order valence-electron chi connectivity index (χ3n) is 3.42. The van der Waals surface area contributed by atoms with Crippen molar-refractivity contribution in [2.75, 3.05) is 6.61 Å². The van der Waals surface area contributed by atoms with Crippen molar-refractivity contribution in [2.24, 2.45) is 11.8 Å². The highest BCUT2D eigenvalue weighted by molar-refractivity contribution is 5.69. The summed E-state index contributed by atoms with van der Waals surface area (Å²) in [6, 6.07) is 9.77. The van der Waals surface area contributed by atoms with E-state index in [9.17, 15) is 4.79 Å². The number of aliphatic carboxylic acids is 1. The molecule has 0 unspecified atom stereocenters. The van der Waals surface area contributed by atoms with Gasteiger partial charge in [-0.2, -0.15) is 0 Å². The van der Waals surface area contributed by atoms with E-state index in [1.807, 2.05) is 30.3 Å². The van der Waals surface area contributed by atoms with Crippen molar-refractivity contribution >= 4 is 5.97 Å². The molecule has 2 rings (SSSR count). The van der Waals surface area contributed by atoms with Gasteiger partial charge in [0.2, 0.25) is 0 Å². The van der Waals surface area contributed by atoms with Gasteiger partial charge in [0, 0.05) is 0 Å². The summed E-state index contributed by atoms with van der Waals surface area (Å²) < 4.78 is 5.69. The van der Waals surface area contributed by atoms with Crippen LogP contribution in [0.15, 0.2) is 30.3 Å². The second-order valence-corrected chi connectivity index (χ2v) is 4.68. The van der Waals surface area contributed by atoms with E-state index in [0.29, 0.717) is 12.5 Å². The molecule has 1 saturated carbocycles. The van der Waals surface area contributed by atoms with E-state index in [4.69, 9.17) is 9.84 Å². The van der Waals surface area contributed by atoms with E-state index in [-0.39, 0.29) is 5.92 Å². The zero-order chi connectivity index (χ0) is 12.1. The number of hydrogen-bond donors (Lipinski definition) is 1. The summed E-state index contributed by atoms with van der Waals surface area (Å²) in [7, 11) is 0. The fraction of sp³-hybridized carbons (Fsp3) is 0.500. The fourth-order valence-electron chi connectivity index (χ4n) is 2.31. The Hall–Kier alpha value is -1.51. The number of para-hydroxylation sites is 1. The summed E-state index contributed by atoms with van der Waals surface area (Å²) in [6.45, 7) is 0.705. The number of rotatable bonds is 4. The molecule has 1 aromatic rings. The number of hydrogen-bond acceptors (Lipinski definition) is 2. The molecule has 0 saturated heterocycles. The SMILES string of the molecule is O=C(O)C1CCC(COc2ccccc2)CC1. The van der Waals surface area contributed by atoms with E-state index >= 15 is 0 Å². The lowest BCUT2D eigenvalue weighted by atomic mass is 9.82. The normalized spacial score (nSPS) is 24.2. The number of ether oxygens (including phenoxy) is 1. The molecule has 0 amide bonds. The predicted molar refractivity (Wildman–Crippen MR) is 65.0 cm³/mol. The average Bonchev–Trinajstić information content (AvgIpc) is 2.38. The van der Waals surface area contributed by atoms with Crippen molar-refractivity contribution in [1.29, 1.82) is 0 Å². The zero-order valence-electron chi connectivity index (χ0n) is 9.84. The van der Waals surface area contributed by atoms with Crippen LogP contribution in [0.5, 0.6) is 5.75 Å². The quantitative estimate of drug-likeness (QED) is 0.871. The second-order valence-electron chi connectivity index (χ2n) is 4.68. The lowest BCUT2D eigenvalue weighted by Gasteiger charge is -2.25. The summed E-state index contributed by atoms with van der Waals surface area (Å²) >= 11 is 0. The van der Waals surface area contributed by atoms with Crippen LogP contribution in [-0.4, -0.2) is 17.7 Å². The molecule has 3 nitrogen and oxygen atoms in total. The fourth-order valence-corrected chi connectivity index (χ4v) is 2.31. The highest BCUT2D eigenvalue weighted by atomic mass is 16.5. The Morgan fingerprint density at radius 2 is 1.82 bits per heavy atom. The summed E-state index contributed by atoms with van der Waals surface area (Å²) in [5, 5.41) is 8.90. The molecule has 1 aromatic carbocycles. The number of carbonyl (C=O) groups is 1. The van der Waals surface area contributed by atoms with Gasteiger partial charge < -0.3 is 9.84 Å². The first-order chi connectivity index (χ1) is 8.25. The summed E-state index contributed by atoms with van der Waals surface area (Å²) in [6.07, 6.45) is 3.50. The lowest BCUT2D eigenvalue weighted by Crippen LogP contribution is -2.24. The van der Waals surface area contributed by atoms with Crippen molar-refractivity contribution in [3.8, 4) is 5.75 Å². The molecule has 1 fully saturated rings. The number of benzene rings is 1. The topological polar surface area (TPSA) is 46.5 Å². The van der Waals surface area contributed by atoms with Crippen LogP contribution in [0.1, 0.15) is 25.7 Å². The van der Waals surface area contributed by atoms with Crippen LogP contribution in [-0.2, 0) is 4.79 Å². The van der Waals surface area contributed by atoms with Gasteiger partial charge in [-0.15, -0.1) is 0 Å². The van der Waals surface area contributed by atoms with Crippen molar-refractivity contribution in [1.82, 2.24) is 0 Å². The van der Waals surface area contributed by atoms with Gasteiger partial charge in [0.25, 0.3) is 0 Å². The number of carboxylic acid groups (broad SMARTS) is 1. The molecule has 0 aromatic heterocycles. The van der Waals surface area contributed by atoms with Crippen molar-refractivity contribution in [3.63, 3.8) is 0 Å². The highest BCUT2D eigenvalue weighted by Crippen LogP contribution is 2.29. The first-order valence-corrected chi connectivity index (χ1v) is 6.16. The predicted octanol–water partition coefficient (Wildman–Crippen LogP) is 2.96. The minimum Gasteiger partial charge on any atom is -0.493 e. The van der Waals surface area contributed by atoms with E-state index in [2.05, 4.69) is 0 Å². The van der Waals surface area contributed by atoms with Crippen molar-refractivity contribution < 1.29 is 14.6 Å². The molecular formula is C14H18O3. The molecule has 3 heteroatoms. The van der Waals surface area contributed by atoms with Gasteiger partial charge in [-0.3, -0.25) is 4.79 Å². The Balaban J connectivity index is 1.74. The first kappa shape index (κ1) is 12.0. The van der Waals surface area contributed by atoms with E-state index in [0.717, 1.165) is 31.4 Å². The Bertz CT molecular complexity index is 353. The maximum atomic E-state index is 10.8. The molecule has 1 aliphatic rings. The lowest BCUT2D eigenvalue weighted by molar-refractivity contribution is -0.143. The Labute approximate surface area is 101 Å².